The van der Waals surface area contributed by atoms with Gasteiger partial charge in [0.1, 0.15) is 11.3 Å². The summed E-state index contributed by atoms with van der Waals surface area (Å²) in [5.41, 5.74) is 2.70. The van der Waals surface area contributed by atoms with E-state index in [1.54, 1.807) is 11.1 Å². The van der Waals surface area contributed by atoms with Crippen molar-refractivity contribution in [3.05, 3.63) is 71.2 Å². The van der Waals surface area contributed by atoms with Crippen LogP contribution in [0.25, 0.3) is 5.65 Å². The van der Waals surface area contributed by atoms with E-state index in [1.807, 2.05) is 10.6 Å². The number of amides is 1. The molecule has 2 fully saturated rings. The van der Waals surface area contributed by atoms with E-state index in [1.165, 1.54) is 17.7 Å². The van der Waals surface area contributed by atoms with Crippen LogP contribution in [-0.4, -0.2) is 64.4 Å². The molecule has 0 radical (unpaired) electrons. The molecule has 6 nitrogen and oxygen atoms in total. The molecule has 4 heterocycles. The zero-order valence-electron chi connectivity index (χ0n) is 18.9. The molecule has 2 aromatic heterocycles. The average Bonchev–Trinajstić information content (AvgIpc) is 3.28. The molecule has 0 bridgehead atoms. The summed E-state index contributed by atoms with van der Waals surface area (Å²) in [5.74, 6) is 0.446. The van der Waals surface area contributed by atoms with Crippen LogP contribution in [0.4, 0.5) is 13.2 Å². The molecular formula is C25H28F3N5O. The third kappa shape index (κ3) is 4.95. The van der Waals surface area contributed by atoms with Crippen LogP contribution >= 0.6 is 0 Å². The van der Waals surface area contributed by atoms with Crippen molar-refractivity contribution in [1.29, 1.82) is 0 Å². The third-order valence-corrected chi connectivity index (χ3v) is 6.86. The Hall–Kier alpha value is -2.91. The number of aromatic nitrogens is 2. The molecule has 180 valence electrons. The van der Waals surface area contributed by atoms with Gasteiger partial charge in [0.2, 0.25) is 0 Å². The lowest BCUT2D eigenvalue weighted by molar-refractivity contribution is -0.137. The molecule has 0 saturated carbocycles. The first-order valence-corrected chi connectivity index (χ1v) is 11.7. The van der Waals surface area contributed by atoms with Gasteiger partial charge in [-0.1, -0.05) is 12.1 Å². The number of piperidine rings is 1. The molecule has 1 amide bonds. The number of alkyl halides is 3. The van der Waals surface area contributed by atoms with Crippen molar-refractivity contribution < 1.29 is 18.0 Å². The predicted octanol–water partition coefficient (Wildman–Crippen LogP) is 3.78. The monoisotopic (exact) mass is 471 g/mol. The van der Waals surface area contributed by atoms with Crippen molar-refractivity contribution in [3.63, 3.8) is 0 Å². The molecule has 3 aromatic rings. The van der Waals surface area contributed by atoms with Gasteiger partial charge < -0.3 is 14.6 Å². The first-order valence-electron chi connectivity index (χ1n) is 11.7. The second kappa shape index (κ2) is 9.38. The van der Waals surface area contributed by atoms with Crippen LogP contribution in [0.1, 0.15) is 45.9 Å². The Morgan fingerprint density at radius 3 is 2.41 bits per heavy atom. The maximum absolute atomic E-state index is 13.1. The third-order valence-electron chi connectivity index (χ3n) is 6.86. The van der Waals surface area contributed by atoms with Crippen molar-refractivity contribution in [2.75, 3.05) is 39.3 Å². The number of carbonyl (C=O) groups excluding carboxylic acids is 1. The highest BCUT2D eigenvalue weighted by Crippen LogP contribution is 2.29. The van der Waals surface area contributed by atoms with Gasteiger partial charge in [-0.05, 0) is 67.2 Å². The molecule has 5 rings (SSSR count). The fourth-order valence-corrected chi connectivity index (χ4v) is 4.84. The number of hydrogen-bond donors (Lipinski definition) is 1. The molecule has 34 heavy (non-hydrogen) atoms. The van der Waals surface area contributed by atoms with Crippen molar-refractivity contribution in [3.8, 4) is 0 Å². The van der Waals surface area contributed by atoms with Crippen LogP contribution in [0.3, 0.4) is 0 Å². The van der Waals surface area contributed by atoms with Gasteiger partial charge in [-0.3, -0.25) is 9.69 Å². The number of benzene rings is 1. The molecule has 2 saturated heterocycles. The molecular weight excluding hydrogens is 443 g/mol. The summed E-state index contributed by atoms with van der Waals surface area (Å²) < 4.78 is 40.2. The lowest BCUT2D eigenvalue weighted by atomic mass is 9.91. The minimum absolute atomic E-state index is 0.0821. The summed E-state index contributed by atoms with van der Waals surface area (Å²) >= 11 is 0. The summed E-state index contributed by atoms with van der Waals surface area (Å²) in [6.07, 6.45) is 1.67. The van der Waals surface area contributed by atoms with Gasteiger partial charge in [0, 0.05) is 45.1 Å². The van der Waals surface area contributed by atoms with E-state index in [2.05, 4.69) is 27.3 Å². The first-order chi connectivity index (χ1) is 16.4. The quantitative estimate of drug-likeness (QED) is 0.630. The number of carbonyl (C=O) groups is 1. The van der Waals surface area contributed by atoms with E-state index in [9.17, 15) is 18.0 Å². The second-order valence-corrected chi connectivity index (χ2v) is 9.14. The molecule has 2 aliphatic heterocycles. The first kappa shape index (κ1) is 22.9. The average molecular weight is 472 g/mol. The number of nitrogens with one attached hydrogen (secondary N) is 1. The normalized spacial score (nSPS) is 18.5. The van der Waals surface area contributed by atoms with Gasteiger partial charge in [0.15, 0.2) is 0 Å². The van der Waals surface area contributed by atoms with Gasteiger partial charge >= 0.3 is 6.18 Å². The van der Waals surface area contributed by atoms with Crippen LogP contribution in [0.5, 0.6) is 0 Å². The fraction of sp³-hybridized carbons (Fsp3) is 0.440. The number of nitrogens with zero attached hydrogens (tertiary/aromatic N) is 4. The molecule has 1 N–H and O–H groups in total. The number of piperazine rings is 1. The molecule has 1 aromatic carbocycles. The number of hydrogen-bond acceptors (Lipinski definition) is 4. The number of rotatable bonds is 4. The Labute approximate surface area is 196 Å². The summed E-state index contributed by atoms with van der Waals surface area (Å²) in [7, 11) is 0. The summed E-state index contributed by atoms with van der Waals surface area (Å²) in [6, 6.07) is 9.50. The largest absolute Gasteiger partial charge is 0.416 e. The Kier molecular flexibility index (Phi) is 6.31. The predicted molar refractivity (Wildman–Crippen MR) is 123 cm³/mol. The highest BCUT2D eigenvalue weighted by atomic mass is 19.4. The second-order valence-electron chi connectivity index (χ2n) is 9.14. The van der Waals surface area contributed by atoms with Crippen LogP contribution in [0.2, 0.25) is 0 Å². The number of pyridine rings is 1. The molecule has 0 spiro atoms. The van der Waals surface area contributed by atoms with Crippen molar-refractivity contribution in [2.45, 2.75) is 31.5 Å². The Balaban J connectivity index is 1.19. The molecule has 0 unspecified atom stereocenters. The summed E-state index contributed by atoms with van der Waals surface area (Å²) in [5, 5.41) is 3.39. The minimum Gasteiger partial charge on any atom is -0.335 e. The zero-order chi connectivity index (χ0) is 23.7. The van der Waals surface area contributed by atoms with E-state index >= 15 is 0 Å². The van der Waals surface area contributed by atoms with Crippen molar-refractivity contribution in [1.82, 2.24) is 24.5 Å². The lowest BCUT2D eigenvalue weighted by Crippen LogP contribution is -2.48. The van der Waals surface area contributed by atoms with Crippen LogP contribution in [0.15, 0.2) is 48.8 Å². The Bertz CT molecular complexity index is 1140. The molecule has 9 heteroatoms. The SMILES string of the molecule is O=C(c1cn2ccc(C3CCNCC3)cc2n1)N1CCN(Cc2ccc(C(F)(F)F)cc2)CC1. The van der Waals surface area contributed by atoms with Gasteiger partial charge in [0.05, 0.1) is 5.56 Å². The van der Waals surface area contributed by atoms with E-state index in [0.29, 0.717) is 44.3 Å². The summed E-state index contributed by atoms with van der Waals surface area (Å²) in [4.78, 5) is 21.6. The zero-order valence-corrected chi connectivity index (χ0v) is 18.9. The highest BCUT2D eigenvalue weighted by Gasteiger charge is 2.30. The maximum atomic E-state index is 13.1. The minimum atomic E-state index is -4.32. The van der Waals surface area contributed by atoms with E-state index in [-0.39, 0.29) is 5.91 Å². The lowest BCUT2D eigenvalue weighted by Gasteiger charge is -2.34. The van der Waals surface area contributed by atoms with Crippen LogP contribution < -0.4 is 5.32 Å². The molecule has 2 aliphatic rings. The smallest absolute Gasteiger partial charge is 0.335 e. The Morgan fingerprint density at radius 1 is 1.03 bits per heavy atom. The van der Waals surface area contributed by atoms with Crippen molar-refractivity contribution in [2.24, 2.45) is 0 Å². The molecule has 0 aliphatic carbocycles. The maximum Gasteiger partial charge on any atom is 0.416 e. The van der Waals surface area contributed by atoms with Gasteiger partial charge in [-0.25, -0.2) is 4.98 Å². The highest BCUT2D eigenvalue weighted by molar-refractivity contribution is 5.93. The fourth-order valence-electron chi connectivity index (χ4n) is 4.84. The van der Waals surface area contributed by atoms with Crippen molar-refractivity contribution >= 4 is 11.6 Å². The number of imidazole rings is 1. The van der Waals surface area contributed by atoms with Gasteiger partial charge in [-0.2, -0.15) is 13.2 Å². The summed E-state index contributed by atoms with van der Waals surface area (Å²) in [6.45, 7) is 5.08. The number of fused-ring (bicyclic) bond motifs is 1. The van der Waals surface area contributed by atoms with E-state index in [4.69, 9.17) is 0 Å². The standard InChI is InChI=1S/C25H28F3N5O/c26-25(27,28)21-3-1-18(2-4-21)16-31-11-13-32(14-12-31)24(34)22-17-33-10-7-20(15-23(33)30-22)19-5-8-29-9-6-19/h1-4,7,10,15,17,19,29H,5-6,8-9,11-14,16H2. The number of halogens is 3. The molecule has 0 atom stereocenters. The van der Waals surface area contributed by atoms with E-state index in [0.717, 1.165) is 49.3 Å². The van der Waals surface area contributed by atoms with Crippen LogP contribution in [0, 0.1) is 0 Å². The van der Waals surface area contributed by atoms with Gasteiger partial charge in [0.25, 0.3) is 5.91 Å². The Morgan fingerprint density at radius 2 is 1.74 bits per heavy atom. The van der Waals surface area contributed by atoms with Crippen LogP contribution in [-0.2, 0) is 12.7 Å². The topological polar surface area (TPSA) is 52.9 Å². The van der Waals surface area contributed by atoms with E-state index < -0.39 is 11.7 Å². The van der Waals surface area contributed by atoms with Gasteiger partial charge in [-0.15, -0.1) is 0 Å².